The predicted octanol–water partition coefficient (Wildman–Crippen LogP) is 2.58. The normalized spacial score (nSPS) is 28.1. The van der Waals surface area contributed by atoms with Crippen LogP contribution in [0.2, 0.25) is 0 Å². The Kier molecular flexibility index (Phi) is 5.04. The van der Waals surface area contributed by atoms with E-state index >= 15 is 0 Å². The Morgan fingerprint density at radius 2 is 1.89 bits per heavy atom. The number of hydrogen-bond acceptors (Lipinski definition) is 2. The van der Waals surface area contributed by atoms with Crippen molar-refractivity contribution in [1.29, 1.82) is 0 Å². The third kappa shape index (κ3) is 3.71. The van der Waals surface area contributed by atoms with E-state index in [1.165, 1.54) is 38.5 Å². The standard InChI is InChI=1S/C15H27NO2/c1-12(17)14-8-9-16(11-14)15(18)10-13-6-4-2-3-5-7-13/h12-14,17H,2-11H2,1H3. The minimum Gasteiger partial charge on any atom is -0.393 e. The molecule has 1 saturated carbocycles. The van der Waals surface area contributed by atoms with E-state index < -0.39 is 0 Å². The molecular weight excluding hydrogens is 226 g/mol. The van der Waals surface area contributed by atoms with Crippen LogP contribution in [0, 0.1) is 11.8 Å². The molecule has 104 valence electrons. The predicted molar refractivity (Wildman–Crippen MR) is 72.2 cm³/mol. The maximum Gasteiger partial charge on any atom is 0.222 e. The Morgan fingerprint density at radius 1 is 1.22 bits per heavy atom. The second kappa shape index (κ2) is 6.55. The molecule has 2 atom stereocenters. The molecule has 1 heterocycles. The van der Waals surface area contributed by atoms with Gasteiger partial charge in [-0.15, -0.1) is 0 Å². The van der Waals surface area contributed by atoms with Crippen molar-refractivity contribution in [3.8, 4) is 0 Å². The van der Waals surface area contributed by atoms with Gasteiger partial charge < -0.3 is 10.0 Å². The van der Waals surface area contributed by atoms with Crippen LogP contribution >= 0.6 is 0 Å². The van der Waals surface area contributed by atoms with Crippen LogP contribution in [-0.4, -0.2) is 35.1 Å². The van der Waals surface area contributed by atoms with Crippen LogP contribution in [0.1, 0.15) is 58.3 Å². The van der Waals surface area contributed by atoms with Gasteiger partial charge in [0.05, 0.1) is 6.10 Å². The summed E-state index contributed by atoms with van der Waals surface area (Å²) in [6.45, 7) is 3.45. The molecular formula is C15H27NO2. The van der Waals surface area contributed by atoms with Gasteiger partial charge in [-0.1, -0.05) is 25.7 Å². The van der Waals surface area contributed by atoms with Crippen molar-refractivity contribution in [1.82, 2.24) is 4.90 Å². The molecule has 0 radical (unpaired) electrons. The monoisotopic (exact) mass is 253 g/mol. The molecule has 2 unspecified atom stereocenters. The number of nitrogens with zero attached hydrogens (tertiary/aromatic N) is 1. The second-order valence-electron chi connectivity index (χ2n) is 6.19. The van der Waals surface area contributed by atoms with E-state index in [-0.39, 0.29) is 6.10 Å². The summed E-state index contributed by atoms with van der Waals surface area (Å²) < 4.78 is 0. The molecule has 1 amide bonds. The molecule has 1 aliphatic carbocycles. The number of carbonyl (C=O) groups is 1. The van der Waals surface area contributed by atoms with Gasteiger partial charge in [0.2, 0.25) is 5.91 Å². The zero-order chi connectivity index (χ0) is 13.0. The first-order valence-corrected chi connectivity index (χ1v) is 7.62. The van der Waals surface area contributed by atoms with E-state index in [0.717, 1.165) is 25.9 Å². The van der Waals surface area contributed by atoms with Gasteiger partial charge in [-0.2, -0.15) is 0 Å². The Balaban J connectivity index is 1.77. The van der Waals surface area contributed by atoms with E-state index in [9.17, 15) is 9.90 Å². The summed E-state index contributed by atoms with van der Waals surface area (Å²) in [5, 5.41) is 9.57. The largest absolute Gasteiger partial charge is 0.393 e. The van der Waals surface area contributed by atoms with Crippen molar-refractivity contribution >= 4 is 5.91 Å². The molecule has 18 heavy (non-hydrogen) atoms. The van der Waals surface area contributed by atoms with Crippen molar-refractivity contribution in [2.45, 2.75) is 64.4 Å². The van der Waals surface area contributed by atoms with Crippen molar-refractivity contribution in [2.24, 2.45) is 11.8 Å². The van der Waals surface area contributed by atoms with Gasteiger partial charge in [0.15, 0.2) is 0 Å². The first kappa shape index (κ1) is 13.9. The lowest BCUT2D eigenvalue weighted by atomic mass is 9.96. The van der Waals surface area contributed by atoms with E-state index in [4.69, 9.17) is 0 Å². The fraction of sp³-hybridized carbons (Fsp3) is 0.933. The number of aliphatic hydroxyl groups is 1. The summed E-state index contributed by atoms with van der Waals surface area (Å²) in [6, 6.07) is 0. The number of aliphatic hydroxyl groups excluding tert-OH is 1. The number of amides is 1. The van der Waals surface area contributed by atoms with Crippen LogP contribution in [0.3, 0.4) is 0 Å². The molecule has 1 saturated heterocycles. The molecule has 2 aliphatic rings. The van der Waals surface area contributed by atoms with Gasteiger partial charge in [-0.25, -0.2) is 0 Å². The number of rotatable bonds is 3. The maximum atomic E-state index is 12.2. The maximum absolute atomic E-state index is 12.2. The second-order valence-corrected chi connectivity index (χ2v) is 6.19. The molecule has 0 aromatic carbocycles. The highest BCUT2D eigenvalue weighted by atomic mass is 16.3. The average Bonchev–Trinajstić information content (AvgIpc) is 2.70. The summed E-state index contributed by atoms with van der Waals surface area (Å²) in [7, 11) is 0. The topological polar surface area (TPSA) is 40.5 Å². The van der Waals surface area contributed by atoms with E-state index in [2.05, 4.69) is 0 Å². The van der Waals surface area contributed by atoms with Gasteiger partial charge in [0.25, 0.3) is 0 Å². The lowest BCUT2D eigenvalue weighted by Gasteiger charge is -2.21. The Morgan fingerprint density at radius 3 is 2.44 bits per heavy atom. The minimum atomic E-state index is -0.277. The number of carbonyl (C=O) groups excluding carboxylic acids is 1. The lowest BCUT2D eigenvalue weighted by Crippen LogP contribution is -2.31. The first-order valence-electron chi connectivity index (χ1n) is 7.62. The highest BCUT2D eigenvalue weighted by Gasteiger charge is 2.30. The van der Waals surface area contributed by atoms with Gasteiger partial charge >= 0.3 is 0 Å². The lowest BCUT2D eigenvalue weighted by molar-refractivity contribution is -0.131. The summed E-state index contributed by atoms with van der Waals surface area (Å²) in [5.41, 5.74) is 0. The first-order chi connectivity index (χ1) is 8.66. The van der Waals surface area contributed by atoms with Gasteiger partial charge in [-0.05, 0) is 32.1 Å². The van der Waals surface area contributed by atoms with Crippen molar-refractivity contribution in [3.05, 3.63) is 0 Å². The van der Waals surface area contributed by atoms with Crippen LogP contribution in [-0.2, 0) is 4.79 Å². The molecule has 0 aromatic rings. The van der Waals surface area contributed by atoms with Gasteiger partial charge in [0, 0.05) is 25.4 Å². The number of likely N-dealkylation sites (tertiary alicyclic amines) is 1. The number of hydrogen-bond donors (Lipinski definition) is 1. The van der Waals surface area contributed by atoms with Crippen LogP contribution < -0.4 is 0 Å². The van der Waals surface area contributed by atoms with Gasteiger partial charge in [0.1, 0.15) is 0 Å². The zero-order valence-corrected chi connectivity index (χ0v) is 11.6. The fourth-order valence-corrected chi connectivity index (χ4v) is 3.35. The molecule has 1 aliphatic heterocycles. The Bertz CT molecular complexity index is 270. The van der Waals surface area contributed by atoms with E-state index in [1.807, 2.05) is 11.8 Å². The molecule has 2 rings (SSSR count). The fourth-order valence-electron chi connectivity index (χ4n) is 3.35. The molecule has 0 aromatic heterocycles. The molecule has 3 nitrogen and oxygen atoms in total. The van der Waals surface area contributed by atoms with Crippen molar-refractivity contribution in [2.75, 3.05) is 13.1 Å². The quantitative estimate of drug-likeness (QED) is 0.785. The third-order valence-corrected chi connectivity index (χ3v) is 4.70. The zero-order valence-electron chi connectivity index (χ0n) is 11.6. The SMILES string of the molecule is CC(O)C1CCN(C(=O)CC2CCCCCC2)C1. The summed E-state index contributed by atoms with van der Waals surface area (Å²) >= 11 is 0. The molecule has 1 N–H and O–H groups in total. The van der Waals surface area contributed by atoms with Crippen molar-refractivity contribution in [3.63, 3.8) is 0 Å². The van der Waals surface area contributed by atoms with Crippen LogP contribution in [0.5, 0.6) is 0 Å². The molecule has 3 heteroatoms. The summed E-state index contributed by atoms with van der Waals surface area (Å²) in [5.74, 6) is 1.23. The smallest absolute Gasteiger partial charge is 0.222 e. The Hall–Kier alpha value is -0.570. The molecule has 2 fully saturated rings. The minimum absolute atomic E-state index is 0.277. The molecule has 0 bridgehead atoms. The van der Waals surface area contributed by atoms with E-state index in [1.54, 1.807) is 0 Å². The summed E-state index contributed by atoms with van der Waals surface area (Å²) in [6.07, 6.45) is 9.19. The van der Waals surface area contributed by atoms with Crippen LogP contribution in [0.4, 0.5) is 0 Å². The van der Waals surface area contributed by atoms with E-state index in [0.29, 0.717) is 17.7 Å². The van der Waals surface area contributed by atoms with Crippen LogP contribution in [0.25, 0.3) is 0 Å². The van der Waals surface area contributed by atoms with Gasteiger partial charge in [-0.3, -0.25) is 4.79 Å². The highest BCUT2D eigenvalue weighted by Crippen LogP contribution is 2.27. The third-order valence-electron chi connectivity index (χ3n) is 4.70. The van der Waals surface area contributed by atoms with Crippen molar-refractivity contribution < 1.29 is 9.90 Å². The summed E-state index contributed by atoms with van der Waals surface area (Å²) in [4.78, 5) is 14.2. The Labute approximate surface area is 111 Å². The molecule has 0 spiro atoms. The highest BCUT2D eigenvalue weighted by molar-refractivity contribution is 5.76. The average molecular weight is 253 g/mol. The van der Waals surface area contributed by atoms with Crippen LogP contribution in [0.15, 0.2) is 0 Å².